The zero-order valence-electron chi connectivity index (χ0n) is 9.86. The third-order valence-corrected chi connectivity index (χ3v) is 3.20. The molecular weight excluding hydrogens is 282 g/mol. The number of carbonyl (C=O) groups is 1. The van der Waals surface area contributed by atoms with E-state index in [1.165, 1.54) is 11.6 Å². The molecule has 100 valence electrons. The summed E-state index contributed by atoms with van der Waals surface area (Å²) in [4.78, 5) is 23.8. The zero-order valence-corrected chi connectivity index (χ0v) is 10.7. The van der Waals surface area contributed by atoms with Crippen molar-refractivity contribution < 1.29 is 14.3 Å². The molecule has 0 atom stereocenters. The lowest BCUT2D eigenvalue weighted by Crippen LogP contribution is -2.21. The van der Waals surface area contributed by atoms with Crippen molar-refractivity contribution in [3.63, 3.8) is 0 Å². The van der Waals surface area contributed by atoms with Crippen LogP contribution in [0.3, 0.4) is 0 Å². The Bertz CT molecular complexity index is 842. The first-order valence-electron chi connectivity index (χ1n) is 5.49. The fourth-order valence-corrected chi connectivity index (χ4v) is 2.16. The zero-order chi connectivity index (χ0) is 14.1. The average Bonchev–Trinajstić information content (AvgIpc) is 2.91. The molecule has 2 aromatic heterocycles. The summed E-state index contributed by atoms with van der Waals surface area (Å²) in [5, 5.41) is 20.1. The maximum absolute atomic E-state index is 12.0. The smallest absolute Gasteiger partial charge is 0.353 e. The minimum Gasteiger partial charge on any atom is -0.506 e. The molecule has 1 amide bonds. The summed E-state index contributed by atoms with van der Waals surface area (Å²) in [6.07, 6.45) is 0. The van der Waals surface area contributed by atoms with E-state index in [1.54, 1.807) is 18.2 Å². The van der Waals surface area contributed by atoms with Crippen molar-refractivity contribution in [3.8, 4) is 5.75 Å². The molecule has 0 bridgehead atoms. The third kappa shape index (κ3) is 2.01. The predicted octanol–water partition coefficient (Wildman–Crippen LogP) is 1.60. The normalized spacial score (nSPS) is 10.6. The van der Waals surface area contributed by atoms with Crippen LogP contribution in [0.25, 0.3) is 11.0 Å². The second-order valence-electron chi connectivity index (χ2n) is 3.81. The highest BCUT2D eigenvalue weighted by Gasteiger charge is 2.21. The Morgan fingerprint density at radius 2 is 2.15 bits per heavy atom. The van der Waals surface area contributed by atoms with Gasteiger partial charge in [-0.25, -0.2) is 4.79 Å². The Morgan fingerprint density at radius 1 is 1.35 bits per heavy atom. The van der Waals surface area contributed by atoms with E-state index in [4.69, 9.17) is 4.42 Å². The first-order chi connectivity index (χ1) is 9.66. The Labute approximate surface area is 115 Å². The van der Waals surface area contributed by atoms with Gasteiger partial charge in [0.1, 0.15) is 16.8 Å². The third-order valence-electron chi connectivity index (χ3n) is 2.59. The second-order valence-corrected chi connectivity index (χ2v) is 4.64. The molecule has 2 N–H and O–H groups in total. The van der Waals surface area contributed by atoms with E-state index in [9.17, 15) is 14.7 Å². The highest BCUT2D eigenvalue weighted by Crippen LogP contribution is 2.26. The van der Waals surface area contributed by atoms with Crippen LogP contribution in [-0.4, -0.2) is 21.2 Å². The van der Waals surface area contributed by atoms with Gasteiger partial charge in [-0.2, -0.15) is 0 Å². The van der Waals surface area contributed by atoms with E-state index in [2.05, 4.69) is 15.5 Å². The van der Waals surface area contributed by atoms with E-state index in [0.29, 0.717) is 0 Å². The monoisotopic (exact) mass is 289 g/mol. The Morgan fingerprint density at radius 3 is 2.90 bits per heavy atom. The average molecular weight is 289 g/mol. The Balaban J connectivity index is 2.11. The van der Waals surface area contributed by atoms with Gasteiger partial charge in [-0.3, -0.25) is 10.1 Å². The summed E-state index contributed by atoms with van der Waals surface area (Å²) >= 11 is 1.09. The molecule has 7 nitrogen and oxygen atoms in total. The first kappa shape index (κ1) is 12.3. The molecule has 0 aliphatic heterocycles. The number of fused-ring (bicyclic) bond motifs is 1. The highest BCUT2D eigenvalue weighted by atomic mass is 32.1. The van der Waals surface area contributed by atoms with Crippen molar-refractivity contribution >= 4 is 33.3 Å². The number of hydrogen-bond acceptors (Lipinski definition) is 7. The number of para-hydroxylation sites is 1. The molecule has 0 spiro atoms. The van der Waals surface area contributed by atoms with E-state index < -0.39 is 22.8 Å². The molecule has 1 aromatic carbocycles. The number of hydrogen-bond donors (Lipinski definition) is 2. The summed E-state index contributed by atoms with van der Waals surface area (Å²) in [6, 6.07) is 6.40. The molecule has 0 aliphatic rings. The van der Waals surface area contributed by atoms with Gasteiger partial charge >= 0.3 is 5.63 Å². The van der Waals surface area contributed by atoms with Gasteiger partial charge in [0, 0.05) is 0 Å². The number of aromatic hydroxyl groups is 1. The lowest BCUT2D eigenvalue weighted by Gasteiger charge is -2.05. The summed E-state index contributed by atoms with van der Waals surface area (Å²) in [7, 11) is 0. The topological polar surface area (TPSA) is 105 Å². The van der Waals surface area contributed by atoms with Crippen LogP contribution in [0.4, 0.5) is 5.13 Å². The molecule has 3 aromatic rings. The van der Waals surface area contributed by atoms with Crippen LogP contribution < -0.4 is 10.9 Å². The van der Waals surface area contributed by atoms with E-state index in [0.717, 1.165) is 11.3 Å². The van der Waals surface area contributed by atoms with Crippen LogP contribution in [0.15, 0.2) is 39.0 Å². The molecule has 8 heteroatoms. The second kappa shape index (κ2) is 4.74. The lowest BCUT2D eigenvalue weighted by atomic mass is 10.1. The number of amides is 1. The minimum absolute atomic E-state index is 0.211. The molecular formula is C12H7N3O4S. The number of nitrogens with zero attached hydrogens (tertiary/aromatic N) is 2. The van der Waals surface area contributed by atoms with Gasteiger partial charge < -0.3 is 9.52 Å². The molecule has 0 radical (unpaired) electrons. The van der Waals surface area contributed by atoms with E-state index in [1.807, 2.05) is 0 Å². The van der Waals surface area contributed by atoms with Crippen molar-refractivity contribution in [3.05, 3.63) is 45.8 Å². The molecule has 3 rings (SSSR count). The highest BCUT2D eigenvalue weighted by molar-refractivity contribution is 7.13. The molecule has 0 fully saturated rings. The maximum atomic E-state index is 12.0. The van der Waals surface area contributed by atoms with Crippen molar-refractivity contribution in [2.24, 2.45) is 0 Å². The number of carbonyl (C=O) groups excluding carboxylic acids is 1. The minimum atomic E-state index is -0.914. The predicted molar refractivity (Wildman–Crippen MR) is 72.0 cm³/mol. The van der Waals surface area contributed by atoms with Crippen LogP contribution in [0, 0.1) is 0 Å². The fraction of sp³-hybridized carbons (Fsp3) is 0. The summed E-state index contributed by atoms with van der Waals surface area (Å²) in [5.41, 5.74) is 0.266. The van der Waals surface area contributed by atoms with Crippen LogP contribution in [0.1, 0.15) is 10.4 Å². The van der Waals surface area contributed by atoms with Crippen LogP contribution in [-0.2, 0) is 0 Å². The quantitative estimate of drug-likeness (QED) is 0.694. The molecule has 0 saturated heterocycles. The Hall–Kier alpha value is -2.74. The van der Waals surface area contributed by atoms with Gasteiger partial charge in [0.05, 0.1) is 5.39 Å². The van der Waals surface area contributed by atoms with Gasteiger partial charge in [0.25, 0.3) is 5.91 Å². The first-order valence-corrected chi connectivity index (χ1v) is 6.37. The number of aromatic nitrogens is 2. The van der Waals surface area contributed by atoms with Gasteiger partial charge in [-0.05, 0) is 12.1 Å². The number of rotatable bonds is 2. The van der Waals surface area contributed by atoms with E-state index in [-0.39, 0.29) is 16.1 Å². The van der Waals surface area contributed by atoms with Crippen molar-refractivity contribution in [2.45, 2.75) is 0 Å². The van der Waals surface area contributed by atoms with Gasteiger partial charge in [-0.1, -0.05) is 23.5 Å². The van der Waals surface area contributed by atoms with Crippen LogP contribution in [0.5, 0.6) is 5.75 Å². The molecule has 2 heterocycles. The van der Waals surface area contributed by atoms with Crippen LogP contribution >= 0.6 is 11.3 Å². The van der Waals surface area contributed by atoms with Gasteiger partial charge in [0.15, 0.2) is 5.56 Å². The number of benzene rings is 1. The van der Waals surface area contributed by atoms with E-state index >= 15 is 0 Å². The SMILES string of the molecule is O=C(Nc1nncs1)c1c(O)c2ccccc2oc1=O. The lowest BCUT2D eigenvalue weighted by molar-refractivity contribution is 0.102. The maximum Gasteiger partial charge on any atom is 0.353 e. The van der Waals surface area contributed by atoms with Crippen molar-refractivity contribution in [1.29, 1.82) is 0 Å². The Kier molecular flexibility index (Phi) is 2.92. The summed E-state index contributed by atoms with van der Waals surface area (Å²) in [6.45, 7) is 0. The largest absolute Gasteiger partial charge is 0.506 e. The summed E-state index contributed by atoms with van der Waals surface area (Å²) < 4.78 is 5.00. The van der Waals surface area contributed by atoms with Gasteiger partial charge in [-0.15, -0.1) is 10.2 Å². The molecule has 20 heavy (non-hydrogen) atoms. The molecule has 0 aliphatic carbocycles. The molecule has 0 unspecified atom stereocenters. The summed E-state index contributed by atoms with van der Waals surface area (Å²) in [5.74, 6) is -1.21. The van der Waals surface area contributed by atoms with Crippen LogP contribution in [0.2, 0.25) is 0 Å². The standard InChI is InChI=1S/C12H7N3O4S/c16-9-6-3-1-2-4-7(6)19-11(18)8(9)10(17)14-12-15-13-5-20-12/h1-5,16H,(H,14,15,17). The van der Waals surface area contributed by atoms with Crippen molar-refractivity contribution in [1.82, 2.24) is 10.2 Å². The number of anilines is 1. The van der Waals surface area contributed by atoms with Gasteiger partial charge in [0.2, 0.25) is 5.13 Å². The molecule has 0 saturated carbocycles. The number of nitrogens with one attached hydrogen (secondary N) is 1. The fourth-order valence-electron chi connectivity index (χ4n) is 1.72. The van der Waals surface area contributed by atoms with Crippen molar-refractivity contribution in [2.75, 3.05) is 5.32 Å².